The van der Waals surface area contributed by atoms with Crippen LogP contribution in [0.15, 0.2) is 18.3 Å². The van der Waals surface area contributed by atoms with Gasteiger partial charge in [0, 0.05) is 6.54 Å². The van der Waals surface area contributed by atoms with Gasteiger partial charge in [0.1, 0.15) is 5.69 Å². The van der Waals surface area contributed by atoms with Crippen LogP contribution >= 0.6 is 0 Å². The molecule has 0 fully saturated rings. The molecule has 1 rings (SSSR count). The van der Waals surface area contributed by atoms with Gasteiger partial charge in [0.2, 0.25) is 0 Å². The number of hydrogen-bond acceptors (Lipinski definition) is 3. The molecule has 0 saturated heterocycles. The van der Waals surface area contributed by atoms with Crippen molar-refractivity contribution in [2.75, 3.05) is 11.9 Å². The summed E-state index contributed by atoms with van der Waals surface area (Å²) in [7, 11) is 0. The first-order valence-electron chi connectivity index (χ1n) is 4.23. The molecule has 1 aromatic heterocycles. The van der Waals surface area contributed by atoms with E-state index in [9.17, 15) is 4.79 Å². The number of pyridine rings is 1. The number of aromatic nitrogens is 1. The lowest BCUT2D eigenvalue weighted by molar-refractivity contribution is 0.0995. The summed E-state index contributed by atoms with van der Waals surface area (Å²) >= 11 is 0. The minimum absolute atomic E-state index is 0.294. The number of nitrogens with zero attached hydrogens (tertiary/aromatic N) is 1. The molecule has 4 nitrogen and oxygen atoms in total. The zero-order chi connectivity index (χ0) is 9.68. The van der Waals surface area contributed by atoms with Gasteiger partial charge in [-0.15, -0.1) is 0 Å². The molecule has 0 aliphatic carbocycles. The number of nitrogens with one attached hydrogen (secondary N) is 1. The summed E-state index contributed by atoms with van der Waals surface area (Å²) in [4.78, 5) is 14.6. The minimum atomic E-state index is -0.498. The molecule has 13 heavy (non-hydrogen) atoms. The fourth-order valence-corrected chi connectivity index (χ4v) is 0.914. The molecule has 0 unspecified atom stereocenters. The SMILES string of the molecule is CCCNc1ccc(C(N)=O)nc1. The molecule has 0 bridgehead atoms. The normalized spacial score (nSPS) is 9.62. The van der Waals surface area contributed by atoms with Crippen LogP contribution in [0.4, 0.5) is 5.69 Å². The van der Waals surface area contributed by atoms with Crippen molar-refractivity contribution < 1.29 is 4.79 Å². The van der Waals surface area contributed by atoms with E-state index < -0.39 is 5.91 Å². The Balaban J connectivity index is 2.64. The van der Waals surface area contributed by atoms with Crippen LogP contribution in [0.2, 0.25) is 0 Å². The van der Waals surface area contributed by atoms with Gasteiger partial charge in [-0.25, -0.2) is 4.98 Å². The third kappa shape index (κ3) is 2.74. The first kappa shape index (κ1) is 9.51. The predicted octanol–water partition coefficient (Wildman–Crippen LogP) is 1.00. The molecule has 0 aliphatic rings. The minimum Gasteiger partial charge on any atom is -0.384 e. The van der Waals surface area contributed by atoms with Gasteiger partial charge in [-0.1, -0.05) is 6.92 Å². The maximum absolute atomic E-state index is 10.7. The molecule has 0 atom stereocenters. The fourth-order valence-electron chi connectivity index (χ4n) is 0.914. The highest BCUT2D eigenvalue weighted by Gasteiger charge is 2.00. The number of carbonyl (C=O) groups is 1. The second-order valence-electron chi connectivity index (χ2n) is 2.72. The fraction of sp³-hybridized carbons (Fsp3) is 0.333. The molecule has 0 radical (unpaired) electrons. The highest BCUT2D eigenvalue weighted by Crippen LogP contribution is 2.05. The molecule has 1 aromatic rings. The first-order chi connectivity index (χ1) is 6.24. The number of amides is 1. The number of anilines is 1. The van der Waals surface area contributed by atoms with Gasteiger partial charge < -0.3 is 11.1 Å². The molecule has 1 heterocycles. The molecular weight excluding hydrogens is 166 g/mol. The third-order valence-electron chi connectivity index (χ3n) is 1.60. The van der Waals surface area contributed by atoms with Crippen LogP contribution in [0.25, 0.3) is 0 Å². The molecular formula is C9H13N3O. The zero-order valence-electron chi connectivity index (χ0n) is 7.58. The average molecular weight is 179 g/mol. The summed E-state index contributed by atoms with van der Waals surface area (Å²) < 4.78 is 0. The maximum Gasteiger partial charge on any atom is 0.267 e. The summed E-state index contributed by atoms with van der Waals surface area (Å²) in [5, 5.41) is 3.15. The number of nitrogens with two attached hydrogens (primary N) is 1. The Labute approximate surface area is 77.2 Å². The van der Waals surface area contributed by atoms with E-state index in [0.29, 0.717) is 5.69 Å². The van der Waals surface area contributed by atoms with Gasteiger partial charge in [0.05, 0.1) is 11.9 Å². The molecule has 0 saturated carbocycles. The summed E-state index contributed by atoms with van der Waals surface area (Å²) in [6, 6.07) is 3.41. The van der Waals surface area contributed by atoms with E-state index in [4.69, 9.17) is 5.73 Å². The molecule has 0 aromatic carbocycles. The van der Waals surface area contributed by atoms with E-state index in [-0.39, 0.29) is 0 Å². The van der Waals surface area contributed by atoms with Gasteiger partial charge in [-0.2, -0.15) is 0 Å². The maximum atomic E-state index is 10.7. The van der Waals surface area contributed by atoms with Gasteiger partial charge in [-0.3, -0.25) is 4.79 Å². The van der Waals surface area contributed by atoms with E-state index in [2.05, 4.69) is 17.2 Å². The van der Waals surface area contributed by atoms with Gasteiger partial charge >= 0.3 is 0 Å². The third-order valence-corrected chi connectivity index (χ3v) is 1.60. The van der Waals surface area contributed by atoms with Crippen molar-refractivity contribution in [3.05, 3.63) is 24.0 Å². The van der Waals surface area contributed by atoms with Crippen LogP contribution in [0.1, 0.15) is 23.8 Å². The Hall–Kier alpha value is -1.58. The van der Waals surface area contributed by atoms with Crippen molar-refractivity contribution in [3.63, 3.8) is 0 Å². The molecule has 1 amide bonds. The number of primary amides is 1. The van der Waals surface area contributed by atoms with E-state index in [0.717, 1.165) is 18.7 Å². The standard InChI is InChI=1S/C9H13N3O/c1-2-5-11-7-3-4-8(9(10)13)12-6-7/h3-4,6,11H,2,5H2,1H3,(H2,10,13). The number of rotatable bonds is 4. The van der Waals surface area contributed by atoms with Crippen molar-refractivity contribution in [3.8, 4) is 0 Å². The van der Waals surface area contributed by atoms with Crippen molar-refractivity contribution in [2.24, 2.45) is 5.73 Å². The van der Waals surface area contributed by atoms with Crippen LogP contribution in [0.3, 0.4) is 0 Å². The summed E-state index contributed by atoms with van der Waals surface area (Å²) in [5.41, 5.74) is 6.24. The van der Waals surface area contributed by atoms with Crippen LogP contribution in [0.5, 0.6) is 0 Å². The second-order valence-corrected chi connectivity index (χ2v) is 2.72. The zero-order valence-corrected chi connectivity index (χ0v) is 7.58. The molecule has 3 N–H and O–H groups in total. The Bertz CT molecular complexity index is 281. The highest BCUT2D eigenvalue weighted by atomic mass is 16.1. The second kappa shape index (κ2) is 4.45. The number of hydrogen-bond donors (Lipinski definition) is 2. The van der Waals surface area contributed by atoms with E-state index in [1.807, 2.05) is 0 Å². The first-order valence-corrected chi connectivity index (χ1v) is 4.23. The van der Waals surface area contributed by atoms with Crippen LogP contribution in [-0.4, -0.2) is 17.4 Å². The summed E-state index contributed by atoms with van der Waals surface area (Å²) in [5.74, 6) is -0.498. The van der Waals surface area contributed by atoms with E-state index in [1.165, 1.54) is 0 Å². The van der Waals surface area contributed by atoms with Gasteiger partial charge in [0.15, 0.2) is 0 Å². The molecule has 4 heteroatoms. The Kier molecular flexibility index (Phi) is 3.25. The Morgan fingerprint density at radius 3 is 2.85 bits per heavy atom. The summed E-state index contributed by atoms with van der Waals surface area (Å²) in [6.45, 7) is 2.98. The number of carbonyl (C=O) groups excluding carboxylic acids is 1. The van der Waals surface area contributed by atoms with Gasteiger partial charge in [0.25, 0.3) is 5.91 Å². The Morgan fingerprint density at radius 2 is 2.38 bits per heavy atom. The van der Waals surface area contributed by atoms with E-state index in [1.54, 1.807) is 18.3 Å². The molecule has 0 aliphatic heterocycles. The predicted molar refractivity (Wildman–Crippen MR) is 51.5 cm³/mol. The van der Waals surface area contributed by atoms with Crippen LogP contribution in [-0.2, 0) is 0 Å². The highest BCUT2D eigenvalue weighted by molar-refractivity contribution is 5.90. The van der Waals surface area contributed by atoms with E-state index >= 15 is 0 Å². The Morgan fingerprint density at radius 1 is 1.62 bits per heavy atom. The van der Waals surface area contributed by atoms with Crippen molar-refractivity contribution in [1.82, 2.24) is 4.98 Å². The van der Waals surface area contributed by atoms with Crippen molar-refractivity contribution in [2.45, 2.75) is 13.3 Å². The average Bonchev–Trinajstić information content (AvgIpc) is 2.15. The van der Waals surface area contributed by atoms with Crippen molar-refractivity contribution >= 4 is 11.6 Å². The van der Waals surface area contributed by atoms with Crippen molar-refractivity contribution in [1.29, 1.82) is 0 Å². The smallest absolute Gasteiger partial charge is 0.267 e. The monoisotopic (exact) mass is 179 g/mol. The van der Waals surface area contributed by atoms with Crippen LogP contribution < -0.4 is 11.1 Å². The van der Waals surface area contributed by atoms with Crippen LogP contribution in [0, 0.1) is 0 Å². The molecule has 70 valence electrons. The molecule has 0 spiro atoms. The lowest BCUT2D eigenvalue weighted by Gasteiger charge is -2.03. The largest absolute Gasteiger partial charge is 0.384 e. The lowest BCUT2D eigenvalue weighted by atomic mass is 10.3. The quantitative estimate of drug-likeness (QED) is 0.724. The summed E-state index contributed by atoms with van der Waals surface area (Å²) in [6.07, 6.45) is 2.66. The lowest BCUT2D eigenvalue weighted by Crippen LogP contribution is -2.13. The topological polar surface area (TPSA) is 68.0 Å². The van der Waals surface area contributed by atoms with Gasteiger partial charge in [-0.05, 0) is 18.6 Å².